The zero-order chi connectivity index (χ0) is 14.5. The van der Waals surface area contributed by atoms with Crippen LogP contribution in [0, 0.1) is 5.82 Å². The second-order valence-corrected chi connectivity index (χ2v) is 5.26. The first-order valence-corrected chi connectivity index (χ1v) is 6.99. The minimum absolute atomic E-state index is 0.0498. The molecule has 0 unspecified atom stereocenters. The molecule has 110 valence electrons. The molecule has 5 heteroatoms. The fourth-order valence-electron chi connectivity index (χ4n) is 2.23. The van der Waals surface area contributed by atoms with Gasteiger partial charge in [0.1, 0.15) is 11.6 Å². The molecule has 1 aliphatic heterocycles. The Morgan fingerprint density at radius 2 is 2.10 bits per heavy atom. The number of hydrogen-bond acceptors (Lipinski definition) is 4. The quantitative estimate of drug-likeness (QED) is 0.834. The van der Waals surface area contributed by atoms with E-state index in [0.29, 0.717) is 17.9 Å². The maximum Gasteiger partial charge on any atom is 0.180 e. The SMILES string of the molecule is CC(C)Oc1ccc(F)cc1C(=O)CN1CCNCC1. The second-order valence-electron chi connectivity index (χ2n) is 5.26. The van der Waals surface area contributed by atoms with Crippen LogP contribution in [0.25, 0.3) is 0 Å². The van der Waals surface area contributed by atoms with Crippen molar-refractivity contribution < 1.29 is 13.9 Å². The van der Waals surface area contributed by atoms with Crippen LogP contribution in [0.5, 0.6) is 5.75 Å². The zero-order valence-electron chi connectivity index (χ0n) is 12.0. The van der Waals surface area contributed by atoms with E-state index >= 15 is 0 Å². The molecule has 0 radical (unpaired) electrons. The number of halogens is 1. The summed E-state index contributed by atoms with van der Waals surface area (Å²) in [5, 5.41) is 3.24. The molecule has 0 atom stereocenters. The molecule has 1 aliphatic rings. The Morgan fingerprint density at radius 3 is 2.75 bits per heavy atom. The second kappa shape index (κ2) is 6.81. The summed E-state index contributed by atoms with van der Waals surface area (Å²) >= 11 is 0. The van der Waals surface area contributed by atoms with Crippen LogP contribution >= 0.6 is 0 Å². The van der Waals surface area contributed by atoms with Crippen molar-refractivity contribution in [2.24, 2.45) is 0 Å². The van der Waals surface area contributed by atoms with E-state index in [9.17, 15) is 9.18 Å². The summed E-state index contributed by atoms with van der Waals surface area (Å²) in [6, 6.07) is 4.11. The number of nitrogens with one attached hydrogen (secondary N) is 1. The summed E-state index contributed by atoms with van der Waals surface area (Å²) in [5.41, 5.74) is 0.331. The molecule has 0 aliphatic carbocycles. The van der Waals surface area contributed by atoms with Crippen LogP contribution in [-0.4, -0.2) is 49.5 Å². The van der Waals surface area contributed by atoms with Gasteiger partial charge >= 0.3 is 0 Å². The maximum atomic E-state index is 13.4. The number of piperazine rings is 1. The number of hydrogen-bond donors (Lipinski definition) is 1. The number of carbonyl (C=O) groups excluding carboxylic acids is 1. The van der Waals surface area contributed by atoms with Crippen molar-refractivity contribution in [3.63, 3.8) is 0 Å². The summed E-state index contributed by atoms with van der Waals surface area (Å²) in [5.74, 6) is -0.0478. The molecule has 0 spiro atoms. The highest BCUT2D eigenvalue weighted by atomic mass is 19.1. The maximum absolute atomic E-state index is 13.4. The minimum Gasteiger partial charge on any atom is -0.490 e. The standard InChI is InChI=1S/C15H21FN2O2/c1-11(2)20-15-4-3-12(16)9-13(15)14(19)10-18-7-5-17-6-8-18/h3-4,9,11,17H,5-8,10H2,1-2H3. The average Bonchev–Trinajstić information content (AvgIpc) is 2.41. The lowest BCUT2D eigenvalue weighted by Crippen LogP contribution is -2.45. The molecule has 1 aromatic rings. The lowest BCUT2D eigenvalue weighted by atomic mass is 10.1. The Bertz CT molecular complexity index is 471. The van der Waals surface area contributed by atoms with Gasteiger partial charge in [-0.1, -0.05) is 0 Å². The van der Waals surface area contributed by atoms with Gasteiger partial charge in [0.05, 0.1) is 18.2 Å². The van der Waals surface area contributed by atoms with Gasteiger partial charge in [0.25, 0.3) is 0 Å². The third-order valence-corrected chi connectivity index (χ3v) is 3.18. The fraction of sp³-hybridized carbons (Fsp3) is 0.533. The van der Waals surface area contributed by atoms with Crippen LogP contribution in [0.4, 0.5) is 4.39 Å². The fourth-order valence-corrected chi connectivity index (χ4v) is 2.23. The van der Waals surface area contributed by atoms with Gasteiger partial charge in [0.15, 0.2) is 5.78 Å². The van der Waals surface area contributed by atoms with Gasteiger partial charge in [-0.15, -0.1) is 0 Å². The van der Waals surface area contributed by atoms with E-state index in [2.05, 4.69) is 10.2 Å². The highest BCUT2D eigenvalue weighted by Crippen LogP contribution is 2.22. The monoisotopic (exact) mass is 280 g/mol. The van der Waals surface area contributed by atoms with Gasteiger partial charge in [-0.05, 0) is 32.0 Å². The Kier molecular flexibility index (Phi) is 5.09. The van der Waals surface area contributed by atoms with Crippen molar-refractivity contribution in [2.45, 2.75) is 20.0 Å². The Balaban J connectivity index is 2.12. The minimum atomic E-state index is -0.412. The Labute approximate surface area is 118 Å². The first-order chi connectivity index (χ1) is 9.56. The van der Waals surface area contributed by atoms with Gasteiger partial charge in [0.2, 0.25) is 0 Å². The first kappa shape index (κ1) is 14.9. The number of ketones is 1. The molecule has 1 N–H and O–H groups in total. The highest BCUT2D eigenvalue weighted by molar-refractivity contribution is 6.00. The molecule has 0 amide bonds. The zero-order valence-corrected chi connectivity index (χ0v) is 12.0. The van der Waals surface area contributed by atoms with Crippen LogP contribution in [0.2, 0.25) is 0 Å². The largest absolute Gasteiger partial charge is 0.490 e. The average molecular weight is 280 g/mol. The van der Waals surface area contributed by atoms with E-state index in [1.807, 2.05) is 13.8 Å². The van der Waals surface area contributed by atoms with Crippen molar-refractivity contribution in [3.8, 4) is 5.75 Å². The van der Waals surface area contributed by atoms with E-state index in [0.717, 1.165) is 26.2 Å². The normalized spacial score (nSPS) is 16.4. The lowest BCUT2D eigenvalue weighted by molar-refractivity contribution is 0.0915. The van der Waals surface area contributed by atoms with Gasteiger partial charge in [-0.3, -0.25) is 9.69 Å². The number of carbonyl (C=O) groups is 1. The van der Waals surface area contributed by atoms with Gasteiger partial charge in [-0.25, -0.2) is 4.39 Å². The van der Waals surface area contributed by atoms with E-state index < -0.39 is 5.82 Å². The molecule has 0 bridgehead atoms. The third-order valence-electron chi connectivity index (χ3n) is 3.18. The Hall–Kier alpha value is -1.46. The highest BCUT2D eigenvalue weighted by Gasteiger charge is 2.19. The van der Waals surface area contributed by atoms with E-state index in [1.165, 1.54) is 18.2 Å². The number of benzene rings is 1. The molecule has 1 saturated heterocycles. The molecule has 1 heterocycles. The molecule has 4 nitrogen and oxygen atoms in total. The van der Waals surface area contributed by atoms with Crippen molar-refractivity contribution in [2.75, 3.05) is 32.7 Å². The van der Waals surface area contributed by atoms with Crippen LogP contribution in [0.15, 0.2) is 18.2 Å². The summed E-state index contributed by atoms with van der Waals surface area (Å²) in [4.78, 5) is 14.4. The molecule has 0 saturated carbocycles. The lowest BCUT2D eigenvalue weighted by Gasteiger charge is -2.26. The van der Waals surface area contributed by atoms with Crippen LogP contribution in [0.3, 0.4) is 0 Å². The number of Topliss-reactive ketones (excluding diaryl/α,β-unsaturated/α-hetero) is 1. The van der Waals surface area contributed by atoms with Crippen molar-refractivity contribution in [3.05, 3.63) is 29.6 Å². The van der Waals surface area contributed by atoms with Crippen LogP contribution < -0.4 is 10.1 Å². The summed E-state index contributed by atoms with van der Waals surface area (Å²) in [6.07, 6.45) is -0.0498. The van der Waals surface area contributed by atoms with Crippen molar-refractivity contribution in [1.82, 2.24) is 10.2 Å². The van der Waals surface area contributed by atoms with Gasteiger partial charge in [0, 0.05) is 26.2 Å². The van der Waals surface area contributed by atoms with Crippen LogP contribution in [-0.2, 0) is 0 Å². The molecule has 20 heavy (non-hydrogen) atoms. The van der Waals surface area contributed by atoms with E-state index in [-0.39, 0.29) is 11.9 Å². The predicted octanol–water partition coefficient (Wildman–Crippen LogP) is 1.70. The van der Waals surface area contributed by atoms with Gasteiger partial charge < -0.3 is 10.1 Å². The van der Waals surface area contributed by atoms with Crippen LogP contribution in [0.1, 0.15) is 24.2 Å². The summed E-state index contributed by atoms with van der Waals surface area (Å²) in [6.45, 7) is 7.50. The molecular weight excluding hydrogens is 259 g/mol. The number of nitrogens with zero attached hydrogens (tertiary/aromatic N) is 1. The molecule has 1 aromatic carbocycles. The van der Waals surface area contributed by atoms with E-state index in [4.69, 9.17) is 4.74 Å². The van der Waals surface area contributed by atoms with E-state index in [1.54, 1.807) is 0 Å². The van der Waals surface area contributed by atoms with Gasteiger partial charge in [-0.2, -0.15) is 0 Å². The topological polar surface area (TPSA) is 41.6 Å². The predicted molar refractivity (Wildman–Crippen MR) is 75.8 cm³/mol. The summed E-state index contributed by atoms with van der Waals surface area (Å²) in [7, 11) is 0. The Morgan fingerprint density at radius 1 is 1.40 bits per heavy atom. The first-order valence-electron chi connectivity index (χ1n) is 6.99. The number of rotatable bonds is 5. The molecular formula is C15H21FN2O2. The third kappa shape index (κ3) is 4.02. The summed E-state index contributed by atoms with van der Waals surface area (Å²) < 4.78 is 19.0. The molecule has 0 aromatic heterocycles. The molecule has 1 fully saturated rings. The van der Waals surface area contributed by atoms with Crippen molar-refractivity contribution >= 4 is 5.78 Å². The molecule has 2 rings (SSSR count). The number of ether oxygens (including phenoxy) is 1. The smallest absolute Gasteiger partial charge is 0.180 e. The van der Waals surface area contributed by atoms with Crippen molar-refractivity contribution in [1.29, 1.82) is 0 Å².